The molecule has 7 heteroatoms. The third-order valence-electron chi connectivity index (χ3n) is 6.61. The number of likely N-dealkylation sites (tertiary alicyclic amines) is 2. The van der Waals surface area contributed by atoms with E-state index in [4.69, 9.17) is 0 Å². The van der Waals surface area contributed by atoms with E-state index in [0.717, 1.165) is 24.8 Å². The topological polar surface area (TPSA) is 43.8 Å². The molecule has 0 aromatic heterocycles. The van der Waals surface area contributed by atoms with Crippen LogP contribution in [0.1, 0.15) is 37.2 Å². The Kier molecular flexibility index (Phi) is 4.71. The monoisotopic (exact) mass is 382 g/mol. The number of rotatable bonds is 5. The molecular weight excluding hydrogens is 357 g/mol. The second-order valence-corrected chi connectivity index (χ2v) is 8.12. The van der Waals surface area contributed by atoms with Crippen LogP contribution in [0.5, 0.6) is 0 Å². The van der Waals surface area contributed by atoms with E-state index in [1.807, 2.05) is 30.3 Å². The molecule has 2 saturated heterocycles. The predicted molar refractivity (Wildman–Crippen MR) is 94.1 cm³/mol. The number of carbonyl (C=O) groups excluding carboxylic acids is 1. The van der Waals surface area contributed by atoms with Crippen LogP contribution in [0.4, 0.5) is 13.2 Å². The van der Waals surface area contributed by atoms with Crippen molar-refractivity contribution in [2.45, 2.75) is 49.4 Å². The van der Waals surface area contributed by atoms with Crippen LogP contribution in [-0.2, 0) is 4.79 Å². The minimum absolute atomic E-state index is 0.0534. The summed E-state index contributed by atoms with van der Waals surface area (Å²) in [4.78, 5) is 16.1. The van der Waals surface area contributed by atoms with Crippen molar-refractivity contribution in [3.8, 4) is 0 Å². The second-order valence-electron chi connectivity index (χ2n) is 8.12. The van der Waals surface area contributed by atoms with Gasteiger partial charge in [-0.15, -0.1) is 0 Å². The van der Waals surface area contributed by atoms with Crippen LogP contribution in [0, 0.1) is 5.92 Å². The van der Waals surface area contributed by atoms with Crippen LogP contribution in [0.2, 0.25) is 0 Å². The summed E-state index contributed by atoms with van der Waals surface area (Å²) in [6.45, 7) is 0.589. The number of benzene rings is 1. The van der Waals surface area contributed by atoms with Crippen molar-refractivity contribution in [2.75, 3.05) is 26.2 Å². The van der Waals surface area contributed by atoms with Crippen LogP contribution in [-0.4, -0.2) is 64.8 Å². The standard InChI is InChI=1S/C20H25F3N2O2/c21-20(22,23)9-10-25-16(11-26)17(14-5-2-1-3-6-14)19(25)12-24(13-19)18(27)15-7-4-8-15/h1-3,5-6,15-17,26H,4,7-13H2/t16-,17-/m1/s1. The van der Waals surface area contributed by atoms with Crippen molar-refractivity contribution in [3.05, 3.63) is 35.9 Å². The van der Waals surface area contributed by atoms with Crippen LogP contribution in [0.3, 0.4) is 0 Å². The largest absolute Gasteiger partial charge is 0.395 e. The molecule has 1 spiro atoms. The van der Waals surface area contributed by atoms with Gasteiger partial charge in [0.1, 0.15) is 0 Å². The van der Waals surface area contributed by atoms with Crippen molar-refractivity contribution >= 4 is 5.91 Å². The number of hydrogen-bond donors (Lipinski definition) is 1. The maximum Gasteiger partial charge on any atom is 0.390 e. The van der Waals surface area contributed by atoms with Gasteiger partial charge in [-0.1, -0.05) is 36.8 Å². The summed E-state index contributed by atoms with van der Waals surface area (Å²) < 4.78 is 38.4. The van der Waals surface area contributed by atoms with Gasteiger partial charge in [-0.05, 0) is 18.4 Å². The lowest BCUT2D eigenvalue weighted by molar-refractivity contribution is -0.212. The molecule has 1 aromatic carbocycles. The molecule has 148 valence electrons. The van der Waals surface area contributed by atoms with Crippen molar-refractivity contribution in [1.29, 1.82) is 0 Å². The molecule has 1 N–H and O–H groups in total. The highest BCUT2D eigenvalue weighted by Crippen LogP contribution is 2.54. The van der Waals surface area contributed by atoms with Gasteiger partial charge in [0, 0.05) is 37.5 Å². The second kappa shape index (κ2) is 6.78. The number of nitrogens with zero attached hydrogens (tertiary/aromatic N) is 2. The van der Waals surface area contributed by atoms with Crippen molar-refractivity contribution in [2.24, 2.45) is 5.92 Å². The fourth-order valence-corrected chi connectivity index (χ4v) is 5.06. The average molecular weight is 382 g/mol. The van der Waals surface area contributed by atoms with Crippen molar-refractivity contribution in [1.82, 2.24) is 9.80 Å². The quantitative estimate of drug-likeness (QED) is 0.852. The molecule has 1 saturated carbocycles. The zero-order chi connectivity index (χ0) is 19.2. The maximum atomic E-state index is 12.8. The molecular formula is C20H25F3N2O2. The summed E-state index contributed by atoms with van der Waals surface area (Å²) >= 11 is 0. The van der Waals surface area contributed by atoms with Gasteiger partial charge in [0.25, 0.3) is 0 Å². The molecule has 0 radical (unpaired) electrons. The maximum absolute atomic E-state index is 12.8. The molecule has 2 atom stereocenters. The van der Waals surface area contributed by atoms with Gasteiger partial charge in [0.15, 0.2) is 0 Å². The van der Waals surface area contributed by atoms with Gasteiger partial charge in [0.05, 0.1) is 18.6 Å². The Bertz CT molecular complexity index is 684. The summed E-state index contributed by atoms with van der Waals surface area (Å²) in [5.74, 6) is 0.180. The molecule has 2 aliphatic heterocycles. The first-order chi connectivity index (χ1) is 12.9. The van der Waals surface area contributed by atoms with E-state index in [2.05, 4.69) is 0 Å². The lowest BCUT2D eigenvalue weighted by Crippen LogP contribution is -2.85. The molecule has 0 bridgehead atoms. The summed E-state index contributed by atoms with van der Waals surface area (Å²) in [6.07, 6.45) is -2.22. The van der Waals surface area contributed by atoms with Crippen molar-refractivity contribution in [3.63, 3.8) is 0 Å². The zero-order valence-corrected chi connectivity index (χ0v) is 15.2. The number of amides is 1. The fraction of sp³-hybridized carbons (Fsp3) is 0.650. The van der Waals surface area contributed by atoms with E-state index in [-0.39, 0.29) is 36.9 Å². The predicted octanol–water partition coefficient (Wildman–Crippen LogP) is 2.78. The van der Waals surface area contributed by atoms with Crippen LogP contribution >= 0.6 is 0 Å². The van der Waals surface area contributed by atoms with Crippen molar-refractivity contribution < 1.29 is 23.1 Å². The SMILES string of the molecule is O=C(C1CCC1)N1CC2(C1)[C@H](c1ccccc1)[C@@H](CO)N2CCC(F)(F)F. The minimum Gasteiger partial charge on any atom is -0.395 e. The van der Waals surface area contributed by atoms with E-state index >= 15 is 0 Å². The highest BCUT2D eigenvalue weighted by atomic mass is 19.4. The van der Waals surface area contributed by atoms with Crippen LogP contribution in [0.25, 0.3) is 0 Å². The highest BCUT2D eigenvalue weighted by Gasteiger charge is 2.66. The lowest BCUT2D eigenvalue weighted by Gasteiger charge is -2.71. The first kappa shape index (κ1) is 18.7. The number of alkyl halides is 3. The molecule has 1 amide bonds. The van der Waals surface area contributed by atoms with E-state index < -0.39 is 18.1 Å². The van der Waals surface area contributed by atoms with Gasteiger partial charge in [-0.3, -0.25) is 9.69 Å². The normalized spacial score (nSPS) is 27.8. The molecule has 4 rings (SSSR count). The molecule has 3 fully saturated rings. The Hall–Kier alpha value is -1.60. The summed E-state index contributed by atoms with van der Waals surface area (Å²) in [5.41, 5.74) is 0.537. The number of aliphatic hydroxyl groups excluding tert-OH is 1. The molecule has 0 unspecified atom stereocenters. The number of aliphatic hydroxyl groups is 1. The zero-order valence-electron chi connectivity index (χ0n) is 15.2. The van der Waals surface area contributed by atoms with E-state index in [9.17, 15) is 23.1 Å². The fourth-order valence-electron chi connectivity index (χ4n) is 5.06. The first-order valence-electron chi connectivity index (χ1n) is 9.64. The average Bonchev–Trinajstić information content (AvgIpc) is 2.51. The van der Waals surface area contributed by atoms with E-state index in [0.29, 0.717) is 13.1 Å². The molecule has 27 heavy (non-hydrogen) atoms. The van der Waals surface area contributed by atoms with Crippen LogP contribution in [0.15, 0.2) is 30.3 Å². The van der Waals surface area contributed by atoms with Gasteiger partial charge in [-0.25, -0.2) is 0 Å². The summed E-state index contributed by atoms with van der Waals surface area (Å²) in [6, 6.07) is 9.31. The lowest BCUT2D eigenvalue weighted by atomic mass is 9.60. The Morgan fingerprint density at radius 2 is 1.85 bits per heavy atom. The van der Waals surface area contributed by atoms with E-state index in [1.165, 1.54) is 0 Å². The van der Waals surface area contributed by atoms with Crippen LogP contribution < -0.4 is 0 Å². The number of hydrogen-bond acceptors (Lipinski definition) is 3. The highest BCUT2D eigenvalue weighted by molar-refractivity contribution is 5.81. The Labute approximate surface area is 156 Å². The van der Waals surface area contributed by atoms with E-state index in [1.54, 1.807) is 9.80 Å². The van der Waals surface area contributed by atoms with Gasteiger partial charge in [-0.2, -0.15) is 13.2 Å². The third-order valence-corrected chi connectivity index (χ3v) is 6.61. The number of halogens is 3. The molecule has 4 nitrogen and oxygen atoms in total. The van der Waals surface area contributed by atoms with Gasteiger partial charge < -0.3 is 10.0 Å². The molecule has 2 heterocycles. The smallest absolute Gasteiger partial charge is 0.390 e. The summed E-state index contributed by atoms with van der Waals surface area (Å²) in [5, 5.41) is 9.88. The molecule has 1 aliphatic carbocycles. The number of carbonyl (C=O) groups is 1. The Balaban J connectivity index is 1.54. The third kappa shape index (κ3) is 3.14. The summed E-state index contributed by atoms with van der Waals surface area (Å²) in [7, 11) is 0. The molecule has 1 aromatic rings. The molecule has 3 aliphatic rings. The van der Waals surface area contributed by atoms with Gasteiger partial charge >= 0.3 is 6.18 Å². The first-order valence-corrected chi connectivity index (χ1v) is 9.64. The Morgan fingerprint density at radius 3 is 2.37 bits per heavy atom. The van der Waals surface area contributed by atoms with Gasteiger partial charge in [0.2, 0.25) is 5.91 Å². The minimum atomic E-state index is -4.23. The Morgan fingerprint density at radius 1 is 1.19 bits per heavy atom.